The molecule has 0 radical (unpaired) electrons. The molecule has 1 unspecified atom stereocenters. The van der Waals surface area contributed by atoms with Crippen molar-refractivity contribution in [1.82, 2.24) is 10.2 Å². The van der Waals surface area contributed by atoms with Gasteiger partial charge >= 0.3 is 0 Å². The number of benzene rings is 1. The Morgan fingerprint density at radius 3 is 2.59 bits per heavy atom. The molecule has 0 bridgehead atoms. The molecular weight excluding hydrogens is 228 g/mol. The van der Waals surface area contributed by atoms with Crippen LogP contribution in [-0.4, -0.2) is 21.6 Å². The van der Waals surface area contributed by atoms with Crippen molar-refractivity contribution in [2.75, 3.05) is 0 Å². The second-order valence-corrected chi connectivity index (χ2v) is 5.87. The highest BCUT2D eigenvalue weighted by Crippen LogP contribution is 2.23. The molecule has 1 aromatic carbocycles. The lowest BCUT2D eigenvalue weighted by Crippen LogP contribution is -2.59. The van der Waals surface area contributed by atoms with Crippen LogP contribution < -0.4 is 5.32 Å². The van der Waals surface area contributed by atoms with E-state index in [4.69, 9.17) is 12.2 Å². The van der Waals surface area contributed by atoms with Crippen LogP contribution in [0.2, 0.25) is 0 Å². The molecule has 1 atom stereocenters. The number of nitrogens with one attached hydrogen (secondary N) is 1. The average molecular weight is 248 g/mol. The largest absolute Gasteiger partial charge is 0.358 e. The van der Waals surface area contributed by atoms with Crippen molar-refractivity contribution in [1.29, 1.82) is 0 Å². The fraction of sp³-hybridized carbons (Fsp3) is 0.500. The Morgan fingerprint density at radius 1 is 1.35 bits per heavy atom. The van der Waals surface area contributed by atoms with Crippen molar-refractivity contribution in [3.8, 4) is 0 Å². The predicted octanol–water partition coefficient (Wildman–Crippen LogP) is 2.93. The molecule has 1 fully saturated rings. The second kappa shape index (κ2) is 4.65. The molecule has 92 valence electrons. The van der Waals surface area contributed by atoms with Crippen LogP contribution in [0.1, 0.15) is 32.8 Å². The van der Waals surface area contributed by atoms with Crippen molar-refractivity contribution in [2.24, 2.45) is 0 Å². The molecule has 0 amide bonds. The Labute approximate surface area is 109 Å². The van der Waals surface area contributed by atoms with Gasteiger partial charge < -0.3 is 10.2 Å². The first-order chi connectivity index (χ1) is 7.98. The number of hydrogen-bond acceptors (Lipinski definition) is 1. The van der Waals surface area contributed by atoms with Gasteiger partial charge in [0.2, 0.25) is 0 Å². The van der Waals surface area contributed by atoms with Gasteiger partial charge in [-0.15, -0.1) is 0 Å². The van der Waals surface area contributed by atoms with Gasteiger partial charge in [0.05, 0.1) is 0 Å². The summed E-state index contributed by atoms with van der Waals surface area (Å²) in [7, 11) is 0. The molecule has 1 N–H and O–H groups in total. The van der Waals surface area contributed by atoms with Crippen LogP contribution in [0, 0.1) is 0 Å². The highest BCUT2D eigenvalue weighted by molar-refractivity contribution is 7.80. The Kier molecular flexibility index (Phi) is 3.38. The van der Waals surface area contributed by atoms with E-state index in [2.05, 4.69) is 55.3 Å². The van der Waals surface area contributed by atoms with Gasteiger partial charge in [0, 0.05) is 18.1 Å². The monoisotopic (exact) mass is 248 g/mol. The molecule has 2 nitrogen and oxygen atoms in total. The van der Waals surface area contributed by atoms with E-state index in [0.29, 0.717) is 6.04 Å². The molecule has 2 rings (SSSR count). The Hall–Kier alpha value is -1.09. The van der Waals surface area contributed by atoms with E-state index >= 15 is 0 Å². The van der Waals surface area contributed by atoms with Gasteiger partial charge in [-0.1, -0.05) is 30.3 Å². The number of thiocarbonyl (C=S) groups is 1. The highest BCUT2D eigenvalue weighted by atomic mass is 32.1. The molecule has 1 aliphatic heterocycles. The van der Waals surface area contributed by atoms with Crippen LogP contribution in [0.5, 0.6) is 0 Å². The second-order valence-electron chi connectivity index (χ2n) is 5.48. The predicted molar refractivity (Wildman–Crippen MR) is 75.9 cm³/mol. The molecule has 0 aromatic heterocycles. The van der Waals surface area contributed by atoms with E-state index in [1.807, 2.05) is 6.07 Å². The Balaban J connectivity index is 2.09. The maximum absolute atomic E-state index is 5.47. The van der Waals surface area contributed by atoms with E-state index in [1.165, 1.54) is 5.56 Å². The lowest BCUT2D eigenvalue weighted by Gasteiger charge is -2.44. The third-order valence-corrected chi connectivity index (χ3v) is 3.58. The molecule has 1 aromatic rings. The van der Waals surface area contributed by atoms with Gasteiger partial charge in [0.1, 0.15) is 0 Å². The minimum absolute atomic E-state index is 0.115. The fourth-order valence-electron chi connectivity index (χ4n) is 2.47. The van der Waals surface area contributed by atoms with Crippen molar-refractivity contribution in [3.05, 3.63) is 35.9 Å². The Bertz CT molecular complexity index is 400. The maximum Gasteiger partial charge on any atom is 0.169 e. The van der Waals surface area contributed by atoms with E-state index in [1.54, 1.807) is 0 Å². The smallest absolute Gasteiger partial charge is 0.169 e. The lowest BCUT2D eigenvalue weighted by atomic mass is 9.93. The third-order valence-electron chi connectivity index (χ3n) is 3.24. The third kappa shape index (κ3) is 2.97. The first kappa shape index (κ1) is 12.4. The average Bonchev–Trinajstić information content (AvgIpc) is 2.24. The number of nitrogens with zero attached hydrogens (tertiary/aromatic N) is 1. The fourth-order valence-corrected chi connectivity index (χ4v) is 2.99. The van der Waals surface area contributed by atoms with Gasteiger partial charge in [-0.05, 0) is 45.0 Å². The first-order valence-electron chi connectivity index (χ1n) is 6.11. The molecule has 1 aliphatic rings. The molecule has 1 heterocycles. The zero-order chi connectivity index (χ0) is 12.5. The number of hydrogen-bond donors (Lipinski definition) is 1. The molecule has 3 heteroatoms. The van der Waals surface area contributed by atoms with Crippen molar-refractivity contribution in [3.63, 3.8) is 0 Å². The topological polar surface area (TPSA) is 15.3 Å². The number of rotatable bonds is 2. The van der Waals surface area contributed by atoms with E-state index in [9.17, 15) is 0 Å². The maximum atomic E-state index is 5.47. The molecule has 17 heavy (non-hydrogen) atoms. The van der Waals surface area contributed by atoms with E-state index in [0.717, 1.165) is 18.1 Å². The van der Waals surface area contributed by atoms with Crippen molar-refractivity contribution < 1.29 is 0 Å². The van der Waals surface area contributed by atoms with Crippen LogP contribution in [0.4, 0.5) is 0 Å². The summed E-state index contributed by atoms with van der Waals surface area (Å²) >= 11 is 5.47. The van der Waals surface area contributed by atoms with Crippen molar-refractivity contribution in [2.45, 2.75) is 45.3 Å². The summed E-state index contributed by atoms with van der Waals surface area (Å²) in [5.41, 5.74) is 1.42. The van der Waals surface area contributed by atoms with Gasteiger partial charge in [-0.2, -0.15) is 0 Å². The molecule has 0 saturated carbocycles. The highest BCUT2D eigenvalue weighted by Gasteiger charge is 2.32. The molecule has 0 spiro atoms. The van der Waals surface area contributed by atoms with Gasteiger partial charge in [-0.25, -0.2) is 0 Å². The standard InChI is InChI=1S/C14H20N2S/c1-11-9-14(2,3)15-13(17)16(11)10-12-7-5-4-6-8-12/h4-8,11H,9-10H2,1-3H3,(H,15,17). The molecule has 1 saturated heterocycles. The zero-order valence-electron chi connectivity index (χ0n) is 10.7. The SMILES string of the molecule is CC1CC(C)(C)NC(=S)N1Cc1ccccc1. The lowest BCUT2D eigenvalue weighted by molar-refractivity contribution is 0.207. The summed E-state index contributed by atoms with van der Waals surface area (Å²) in [6.07, 6.45) is 1.11. The summed E-state index contributed by atoms with van der Waals surface area (Å²) < 4.78 is 0. The summed E-state index contributed by atoms with van der Waals surface area (Å²) in [6.45, 7) is 7.55. The minimum Gasteiger partial charge on any atom is -0.358 e. The van der Waals surface area contributed by atoms with Crippen molar-refractivity contribution >= 4 is 17.3 Å². The normalized spacial score (nSPS) is 23.4. The van der Waals surface area contributed by atoms with E-state index < -0.39 is 0 Å². The first-order valence-corrected chi connectivity index (χ1v) is 6.51. The summed E-state index contributed by atoms with van der Waals surface area (Å²) in [5.74, 6) is 0. The van der Waals surface area contributed by atoms with Crippen LogP contribution in [0.3, 0.4) is 0 Å². The van der Waals surface area contributed by atoms with Crippen LogP contribution in [0.15, 0.2) is 30.3 Å². The van der Waals surface area contributed by atoms with E-state index in [-0.39, 0.29) is 5.54 Å². The van der Waals surface area contributed by atoms with Gasteiger partial charge in [0.15, 0.2) is 5.11 Å². The Morgan fingerprint density at radius 2 is 2.00 bits per heavy atom. The van der Waals surface area contributed by atoms with Gasteiger partial charge in [0.25, 0.3) is 0 Å². The minimum atomic E-state index is 0.115. The van der Waals surface area contributed by atoms with Crippen LogP contribution in [0.25, 0.3) is 0 Å². The van der Waals surface area contributed by atoms with Gasteiger partial charge in [-0.3, -0.25) is 0 Å². The molecule has 0 aliphatic carbocycles. The van der Waals surface area contributed by atoms with Crippen LogP contribution in [-0.2, 0) is 6.54 Å². The summed E-state index contributed by atoms with van der Waals surface area (Å²) in [4.78, 5) is 2.27. The summed E-state index contributed by atoms with van der Waals surface area (Å²) in [6, 6.07) is 11.0. The molecular formula is C14H20N2S. The zero-order valence-corrected chi connectivity index (χ0v) is 11.6. The van der Waals surface area contributed by atoms with Crippen LogP contribution >= 0.6 is 12.2 Å². The quantitative estimate of drug-likeness (QED) is 0.810. The summed E-state index contributed by atoms with van der Waals surface area (Å²) in [5, 5.41) is 4.29.